The van der Waals surface area contributed by atoms with Crippen LogP contribution >= 0.6 is 0 Å². The zero-order chi connectivity index (χ0) is 18.6. The molecule has 0 saturated carbocycles. The lowest BCUT2D eigenvalue weighted by atomic mass is 10.1. The molecule has 1 fully saturated rings. The van der Waals surface area contributed by atoms with E-state index in [0.29, 0.717) is 18.4 Å². The monoisotopic (exact) mass is 360 g/mol. The van der Waals surface area contributed by atoms with Gasteiger partial charge >= 0.3 is 6.09 Å². The number of rotatable bonds is 5. The van der Waals surface area contributed by atoms with Gasteiger partial charge in [0.1, 0.15) is 18.5 Å². The fraction of sp³-hybridized carbons (Fsp3) is 0.190. The number of aromatic nitrogens is 2. The molecule has 136 valence electrons. The molecule has 3 aromatic rings. The topological polar surface area (TPSA) is 67.4 Å². The second kappa shape index (κ2) is 7.45. The van der Waals surface area contributed by atoms with Crippen molar-refractivity contribution in [1.82, 2.24) is 9.97 Å². The molecule has 1 amide bonds. The van der Waals surface area contributed by atoms with Crippen LogP contribution in [0, 0.1) is 0 Å². The summed E-state index contributed by atoms with van der Waals surface area (Å²) in [6.07, 6.45) is 1.25. The standard InChI is InChI=1S/C21H20N4O2/c1-15(16-8-4-2-5-9-16)23-20-22-13-12-19(24-20)25-18(14-27-21(25)26)17-10-6-3-7-11-17/h2-13,15,18H,14H2,1H3,(H,22,23,24)/t15-,18-/m1/s1. The summed E-state index contributed by atoms with van der Waals surface area (Å²) < 4.78 is 5.28. The average molecular weight is 360 g/mol. The van der Waals surface area contributed by atoms with Gasteiger partial charge in [-0.15, -0.1) is 0 Å². The molecule has 4 rings (SSSR count). The number of hydrogen-bond acceptors (Lipinski definition) is 5. The minimum Gasteiger partial charge on any atom is -0.447 e. The van der Waals surface area contributed by atoms with Crippen molar-refractivity contribution in [3.63, 3.8) is 0 Å². The van der Waals surface area contributed by atoms with Crippen molar-refractivity contribution in [3.8, 4) is 0 Å². The van der Waals surface area contributed by atoms with Crippen LogP contribution in [0.5, 0.6) is 0 Å². The Balaban J connectivity index is 1.58. The Morgan fingerprint density at radius 2 is 1.78 bits per heavy atom. The Bertz CT molecular complexity index is 918. The number of carbonyl (C=O) groups excluding carboxylic acids is 1. The van der Waals surface area contributed by atoms with E-state index in [1.165, 1.54) is 0 Å². The maximum atomic E-state index is 12.3. The molecule has 1 aliphatic heterocycles. The number of amides is 1. The Morgan fingerprint density at radius 1 is 1.07 bits per heavy atom. The van der Waals surface area contributed by atoms with Crippen molar-refractivity contribution in [2.45, 2.75) is 19.0 Å². The van der Waals surface area contributed by atoms with Crippen molar-refractivity contribution in [1.29, 1.82) is 0 Å². The number of anilines is 2. The third kappa shape index (κ3) is 3.60. The van der Waals surface area contributed by atoms with Gasteiger partial charge in [-0.2, -0.15) is 4.98 Å². The van der Waals surface area contributed by atoms with Crippen LogP contribution in [0.1, 0.15) is 30.1 Å². The van der Waals surface area contributed by atoms with Gasteiger partial charge in [-0.25, -0.2) is 9.78 Å². The molecule has 2 aromatic carbocycles. The molecule has 6 nitrogen and oxygen atoms in total. The van der Waals surface area contributed by atoms with Gasteiger partial charge in [0.25, 0.3) is 0 Å². The van der Waals surface area contributed by atoms with Crippen LogP contribution in [-0.2, 0) is 4.74 Å². The van der Waals surface area contributed by atoms with E-state index < -0.39 is 6.09 Å². The number of hydrogen-bond donors (Lipinski definition) is 1. The molecule has 6 heteroatoms. The summed E-state index contributed by atoms with van der Waals surface area (Å²) in [6, 6.07) is 21.4. The van der Waals surface area contributed by atoms with Crippen molar-refractivity contribution in [2.75, 3.05) is 16.8 Å². The van der Waals surface area contributed by atoms with E-state index in [2.05, 4.69) is 15.3 Å². The lowest BCUT2D eigenvalue weighted by Gasteiger charge is -2.21. The summed E-state index contributed by atoms with van der Waals surface area (Å²) in [4.78, 5) is 22.8. The highest BCUT2D eigenvalue weighted by Gasteiger charge is 2.36. The Hall–Kier alpha value is -3.41. The highest BCUT2D eigenvalue weighted by Crippen LogP contribution is 2.32. The zero-order valence-electron chi connectivity index (χ0n) is 14.9. The smallest absolute Gasteiger partial charge is 0.416 e. The van der Waals surface area contributed by atoms with Gasteiger partial charge in [0.2, 0.25) is 5.95 Å². The van der Waals surface area contributed by atoms with E-state index in [-0.39, 0.29) is 12.1 Å². The van der Waals surface area contributed by atoms with Gasteiger partial charge in [-0.05, 0) is 24.1 Å². The first-order chi connectivity index (χ1) is 13.2. The van der Waals surface area contributed by atoms with E-state index in [1.54, 1.807) is 17.2 Å². The minimum atomic E-state index is -0.399. The van der Waals surface area contributed by atoms with Gasteiger partial charge in [0.05, 0.1) is 6.04 Å². The number of ether oxygens (including phenoxy) is 1. The summed E-state index contributed by atoms with van der Waals surface area (Å²) in [7, 11) is 0. The fourth-order valence-electron chi connectivity index (χ4n) is 3.17. The van der Waals surface area contributed by atoms with Crippen molar-refractivity contribution in [2.24, 2.45) is 0 Å². The van der Waals surface area contributed by atoms with Crippen molar-refractivity contribution in [3.05, 3.63) is 84.1 Å². The molecule has 0 radical (unpaired) electrons. The second-order valence-corrected chi connectivity index (χ2v) is 6.39. The third-order valence-corrected chi connectivity index (χ3v) is 4.59. The molecule has 27 heavy (non-hydrogen) atoms. The molecule has 1 saturated heterocycles. The van der Waals surface area contributed by atoms with Crippen LogP contribution in [0.15, 0.2) is 72.9 Å². The van der Waals surface area contributed by atoms with E-state index in [9.17, 15) is 4.79 Å². The molecular formula is C21H20N4O2. The number of nitrogens with zero attached hydrogens (tertiary/aromatic N) is 3. The largest absolute Gasteiger partial charge is 0.447 e. The number of carbonyl (C=O) groups is 1. The van der Waals surface area contributed by atoms with Gasteiger partial charge in [-0.1, -0.05) is 60.7 Å². The predicted octanol–water partition coefficient (Wildman–Crippen LogP) is 4.35. The maximum Gasteiger partial charge on any atom is 0.416 e. The summed E-state index contributed by atoms with van der Waals surface area (Å²) in [6.45, 7) is 2.35. The molecule has 0 bridgehead atoms. The summed E-state index contributed by atoms with van der Waals surface area (Å²) in [5.74, 6) is 0.986. The van der Waals surface area contributed by atoms with Crippen LogP contribution in [0.3, 0.4) is 0 Å². The molecule has 0 aliphatic carbocycles. The van der Waals surface area contributed by atoms with Crippen LogP contribution in [0.2, 0.25) is 0 Å². The maximum absolute atomic E-state index is 12.3. The van der Waals surface area contributed by atoms with Crippen molar-refractivity contribution < 1.29 is 9.53 Å². The van der Waals surface area contributed by atoms with E-state index in [4.69, 9.17) is 4.74 Å². The van der Waals surface area contributed by atoms with E-state index in [1.807, 2.05) is 67.6 Å². The predicted molar refractivity (Wildman–Crippen MR) is 104 cm³/mol. The molecule has 0 spiro atoms. The zero-order valence-corrected chi connectivity index (χ0v) is 14.9. The normalized spacial score (nSPS) is 17.4. The number of cyclic esters (lactones) is 1. The number of nitrogens with one attached hydrogen (secondary N) is 1. The average Bonchev–Trinajstić information content (AvgIpc) is 3.11. The van der Waals surface area contributed by atoms with Crippen LogP contribution in [-0.4, -0.2) is 22.7 Å². The first-order valence-electron chi connectivity index (χ1n) is 8.88. The molecule has 2 atom stereocenters. The number of benzene rings is 2. The Labute approximate surface area is 157 Å². The van der Waals surface area contributed by atoms with Crippen LogP contribution < -0.4 is 10.2 Å². The molecule has 1 N–H and O–H groups in total. The van der Waals surface area contributed by atoms with Crippen molar-refractivity contribution >= 4 is 17.9 Å². The van der Waals surface area contributed by atoms with Gasteiger partial charge in [0.15, 0.2) is 0 Å². The van der Waals surface area contributed by atoms with E-state index >= 15 is 0 Å². The minimum absolute atomic E-state index is 0.0388. The molecule has 1 aromatic heterocycles. The molecule has 0 unspecified atom stereocenters. The fourth-order valence-corrected chi connectivity index (χ4v) is 3.17. The lowest BCUT2D eigenvalue weighted by Crippen LogP contribution is -2.28. The molecular weight excluding hydrogens is 340 g/mol. The SMILES string of the molecule is C[C@@H](Nc1nccc(N2C(=O)OC[C@@H]2c2ccccc2)n1)c1ccccc1. The van der Waals surface area contributed by atoms with Gasteiger partial charge < -0.3 is 10.1 Å². The van der Waals surface area contributed by atoms with E-state index in [0.717, 1.165) is 11.1 Å². The summed E-state index contributed by atoms with van der Waals surface area (Å²) >= 11 is 0. The van der Waals surface area contributed by atoms with Gasteiger partial charge in [0, 0.05) is 6.20 Å². The Kier molecular flexibility index (Phi) is 4.70. The first kappa shape index (κ1) is 17.0. The van der Waals surface area contributed by atoms with Crippen LogP contribution in [0.25, 0.3) is 0 Å². The first-order valence-corrected chi connectivity index (χ1v) is 8.88. The highest BCUT2D eigenvalue weighted by atomic mass is 16.6. The molecule has 1 aliphatic rings. The molecule has 2 heterocycles. The summed E-state index contributed by atoms with van der Waals surface area (Å²) in [5.41, 5.74) is 2.14. The quantitative estimate of drug-likeness (QED) is 0.733. The summed E-state index contributed by atoms with van der Waals surface area (Å²) in [5, 5.41) is 3.29. The third-order valence-electron chi connectivity index (χ3n) is 4.59. The lowest BCUT2D eigenvalue weighted by molar-refractivity contribution is 0.179. The Morgan fingerprint density at radius 3 is 2.52 bits per heavy atom. The van der Waals surface area contributed by atoms with Gasteiger partial charge in [-0.3, -0.25) is 4.90 Å². The highest BCUT2D eigenvalue weighted by molar-refractivity contribution is 5.89. The second-order valence-electron chi connectivity index (χ2n) is 6.39. The van der Waals surface area contributed by atoms with Crippen LogP contribution in [0.4, 0.5) is 16.6 Å².